The van der Waals surface area contributed by atoms with E-state index in [2.05, 4.69) is 79.9 Å². The topological polar surface area (TPSA) is 142 Å². The minimum absolute atomic E-state index is 0.000532. The molecule has 0 aliphatic heterocycles. The molecule has 0 heterocycles. The number of hydrogen-bond donors (Lipinski definition) is 5. The Balaban J connectivity index is 0.000000241. The molecule has 0 aliphatic rings. The van der Waals surface area contributed by atoms with Gasteiger partial charge in [0.2, 0.25) is 0 Å². The molecule has 6 aromatic carbocycles. The normalized spacial score (nSPS) is 14.3. The maximum Gasteiger partial charge on any atom is 0.339 e. The van der Waals surface area contributed by atoms with Crippen LogP contribution in [0.2, 0.25) is 0 Å². The second kappa shape index (κ2) is 28.4. The Morgan fingerprint density at radius 2 is 0.688 bits per heavy atom. The summed E-state index contributed by atoms with van der Waals surface area (Å²) in [5, 5.41) is 6.26. The van der Waals surface area contributed by atoms with Crippen molar-refractivity contribution in [2.45, 2.75) is 56.7 Å². The van der Waals surface area contributed by atoms with E-state index in [9.17, 15) is 13.7 Å². The Kier molecular flexibility index (Phi) is 24.7. The average Bonchev–Trinajstić information content (AvgIpc) is 3.30. The SMILES string of the molecule is C[C@@H](c1ccccc1)[C@@H](N)c1ccccc1.C[C@@H](c1ccccc1)[C@@H](NCP(=O)(Cl)Cl)c1ccccc1.C[C@@H](c1ccccc1)[C@@H](NCP(=O)(O)O)c1ccccc1.O=P(Cl)(Cl)CCl. The molecule has 0 radical (unpaired) electrons. The lowest BCUT2D eigenvalue weighted by Crippen LogP contribution is -2.27. The van der Waals surface area contributed by atoms with Gasteiger partial charge in [-0.3, -0.25) is 19.0 Å². The Morgan fingerprint density at radius 1 is 0.438 bits per heavy atom. The van der Waals surface area contributed by atoms with Crippen molar-refractivity contribution in [1.29, 1.82) is 0 Å². The standard InChI is InChI=1S/C16H18Cl2NOP.C16H20NO3P.C15H17N.CH2Cl3OP/c1-13(14-8-4-2-5-9-14)16(19-12-21(17,18)20)15-10-6-3-7-11-15;1-13(14-8-4-2-5-9-14)16(17-12-21(18,19)20)15-10-6-3-7-11-15;1-12(13-8-4-2-5-9-13)15(16)14-10-6-3-7-11-14;2-1-6(3,4)5/h2-11,13,16,19H,12H2,1H3;2-11,13,16-17H,12H2,1H3,(H2,18,19,20);2-12,15H,16H2,1H3;1H2/t2*13-,16+;12-,15+;/m000./s1. The highest BCUT2D eigenvalue weighted by Crippen LogP contribution is 2.57. The van der Waals surface area contributed by atoms with E-state index in [0.29, 0.717) is 5.92 Å². The van der Waals surface area contributed by atoms with Crippen LogP contribution in [-0.4, -0.2) is 28.0 Å². The predicted molar refractivity (Wildman–Crippen MR) is 274 cm³/mol. The molecule has 344 valence electrons. The highest BCUT2D eigenvalue weighted by atomic mass is 35.9. The van der Waals surface area contributed by atoms with E-state index in [4.69, 9.17) is 72.1 Å². The number of benzene rings is 6. The van der Waals surface area contributed by atoms with Gasteiger partial charge in [0.15, 0.2) is 0 Å². The Hall–Kier alpha value is -2.74. The van der Waals surface area contributed by atoms with Gasteiger partial charge in [0.05, 0.1) is 12.6 Å². The van der Waals surface area contributed by atoms with Crippen LogP contribution in [0.15, 0.2) is 182 Å². The zero-order chi connectivity index (χ0) is 47.2. The van der Waals surface area contributed by atoms with Gasteiger partial charge >= 0.3 is 7.60 Å². The second-order valence-corrected chi connectivity index (χ2v) is 27.7. The summed E-state index contributed by atoms with van der Waals surface area (Å²) >= 11 is 26.1. The summed E-state index contributed by atoms with van der Waals surface area (Å²) in [5.41, 5.74) is 13.1. The van der Waals surface area contributed by atoms with Crippen LogP contribution in [-0.2, 0) is 13.7 Å². The van der Waals surface area contributed by atoms with Crippen LogP contribution in [0.5, 0.6) is 0 Å². The number of nitrogens with two attached hydrogens (primary N) is 1. The summed E-state index contributed by atoms with van der Waals surface area (Å²) in [7, 11) is -4.08. The fourth-order valence-electron chi connectivity index (χ4n) is 6.74. The lowest BCUT2D eigenvalue weighted by Gasteiger charge is -2.26. The van der Waals surface area contributed by atoms with Crippen molar-refractivity contribution in [2.24, 2.45) is 5.73 Å². The van der Waals surface area contributed by atoms with Crippen molar-refractivity contribution in [2.75, 3.05) is 18.2 Å². The molecule has 0 aliphatic carbocycles. The number of rotatable bonds is 16. The molecule has 0 saturated heterocycles. The van der Waals surface area contributed by atoms with Gasteiger partial charge in [0.1, 0.15) is 5.62 Å². The van der Waals surface area contributed by atoms with Gasteiger partial charge in [-0.15, -0.1) is 11.6 Å². The molecule has 0 unspecified atom stereocenters. The Morgan fingerprint density at radius 3 is 0.953 bits per heavy atom. The highest BCUT2D eigenvalue weighted by molar-refractivity contribution is 8.09. The third kappa shape index (κ3) is 21.7. The number of hydrogen-bond acceptors (Lipinski definition) is 6. The zero-order valence-electron chi connectivity index (χ0n) is 35.8. The van der Waals surface area contributed by atoms with E-state index in [-0.39, 0.29) is 48.2 Å². The van der Waals surface area contributed by atoms with Gasteiger partial charge in [-0.05, 0) is 78.3 Å². The first-order valence-corrected chi connectivity index (χ1v) is 30.1. The summed E-state index contributed by atoms with van der Waals surface area (Å²) in [6.45, 7) is 6.36. The largest absolute Gasteiger partial charge is 0.339 e. The van der Waals surface area contributed by atoms with Crippen LogP contribution in [0.4, 0.5) is 0 Å². The summed E-state index contributed by atoms with van der Waals surface area (Å²) < 4.78 is 32.7. The van der Waals surface area contributed by atoms with Gasteiger partial charge in [0, 0.05) is 35.9 Å². The van der Waals surface area contributed by atoms with Crippen LogP contribution < -0.4 is 16.4 Å². The third-order valence-electron chi connectivity index (χ3n) is 10.2. The number of nitrogens with one attached hydrogen (secondary N) is 2. The van der Waals surface area contributed by atoms with Gasteiger partial charge < -0.3 is 20.8 Å². The van der Waals surface area contributed by atoms with E-state index < -0.39 is 19.3 Å². The van der Waals surface area contributed by atoms with E-state index >= 15 is 0 Å². The first kappa shape index (κ1) is 55.6. The van der Waals surface area contributed by atoms with Gasteiger partial charge in [0.25, 0.3) is 11.7 Å². The lowest BCUT2D eigenvalue weighted by atomic mass is 9.89. The molecule has 6 atom stereocenters. The first-order valence-electron chi connectivity index (χ1n) is 20.4. The third-order valence-corrected chi connectivity index (χ3v) is 14.8. The highest BCUT2D eigenvalue weighted by Gasteiger charge is 2.25. The quantitative estimate of drug-likeness (QED) is 0.0477. The van der Waals surface area contributed by atoms with Gasteiger partial charge in [-0.25, -0.2) is 0 Å². The molecule has 0 fully saturated rings. The molecule has 0 bridgehead atoms. The summed E-state index contributed by atoms with van der Waals surface area (Å²) in [6.07, 6.45) is -0.240. The fourth-order valence-corrected chi connectivity index (χ4v) is 7.99. The second-order valence-electron chi connectivity index (χ2n) is 15.0. The van der Waals surface area contributed by atoms with Crippen LogP contribution >= 0.6 is 75.9 Å². The minimum Gasteiger partial charge on any atom is -0.324 e. The summed E-state index contributed by atoms with van der Waals surface area (Å²) in [6, 6.07) is 60.5. The molecule has 6 aromatic rings. The first-order chi connectivity index (χ1) is 30.3. The summed E-state index contributed by atoms with van der Waals surface area (Å²) in [4.78, 5) is 18.2. The van der Waals surface area contributed by atoms with Crippen molar-refractivity contribution < 1.29 is 23.5 Å². The summed E-state index contributed by atoms with van der Waals surface area (Å²) in [5.74, 6) is -5.44. The number of alkyl halides is 1. The maximum atomic E-state index is 11.6. The lowest BCUT2D eigenvalue weighted by molar-refractivity contribution is 0.359. The molecule has 16 heteroatoms. The predicted octanol–water partition coefficient (Wildman–Crippen LogP) is 15.3. The molecule has 0 amide bonds. The van der Waals surface area contributed by atoms with Crippen molar-refractivity contribution in [3.63, 3.8) is 0 Å². The zero-order valence-corrected chi connectivity index (χ0v) is 42.3. The van der Waals surface area contributed by atoms with E-state index in [1.54, 1.807) is 0 Å². The molecule has 0 aromatic heterocycles. The molecule has 0 saturated carbocycles. The molecular formula is C48H57Cl5N3O5P3. The average molecular weight is 1030 g/mol. The van der Waals surface area contributed by atoms with Gasteiger partial charge in [-0.1, -0.05) is 203 Å². The minimum atomic E-state index is -4.08. The number of halogens is 5. The molecule has 0 spiro atoms. The molecular weight excluding hydrogens is 969 g/mol. The Labute approximate surface area is 403 Å². The Bertz CT molecular complexity index is 2160. The molecule has 8 nitrogen and oxygen atoms in total. The van der Waals surface area contributed by atoms with E-state index in [0.717, 1.165) is 16.7 Å². The van der Waals surface area contributed by atoms with Crippen LogP contribution in [0.1, 0.15) is 90.0 Å². The van der Waals surface area contributed by atoms with Crippen molar-refractivity contribution in [3.8, 4) is 0 Å². The van der Waals surface area contributed by atoms with Crippen LogP contribution in [0.3, 0.4) is 0 Å². The van der Waals surface area contributed by atoms with Crippen LogP contribution in [0, 0.1) is 0 Å². The molecule has 6 N–H and O–H groups in total. The molecule has 6 rings (SSSR count). The van der Waals surface area contributed by atoms with E-state index in [1.165, 1.54) is 16.7 Å². The van der Waals surface area contributed by atoms with E-state index in [1.807, 2.05) is 133 Å². The van der Waals surface area contributed by atoms with Crippen molar-refractivity contribution >= 4 is 75.9 Å². The van der Waals surface area contributed by atoms with Crippen LogP contribution in [0.25, 0.3) is 0 Å². The maximum absolute atomic E-state index is 11.6. The monoisotopic (exact) mass is 1020 g/mol. The molecule has 64 heavy (non-hydrogen) atoms. The van der Waals surface area contributed by atoms with Crippen molar-refractivity contribution in [3.05, 3.63) is 215 Å². The van der Waals surface area contributed by atoms with Gasteiger partial charge in [-0.2, -0.15) is 0 Å². The van der Waals surface area contributed by atoms with Crippen molar-refractivity contribution in [1.82, 2.24) is 10.6 Å². The smallest absolute Gasteiger partial charge is 0.324 e. The fraction of sp³-hybridized carbons (Fsp3) is 0.250.